The predicted octanol–water partition coefficient (Wildman–Crippen LogP) is 4.65. The molecule has 0 bridgehead atoms. The van der Waals surface area contributed by atoms with Crippen LogP contribution in [0, 0.1) is 0 Å². The van der Waals surface area contributed by atoms with Crippen molar-refractivity contribution in [1.82, 2.24) is 4.90 Å². The van der Waals surface area contributed by atoms with Crippen LogP contribution < -0.4 is 9.47 Å². The standard InChI is InChI=1S/C21H24ClNO3/c1-15(17-6-8-18(22)9-7-17)23(2)21(24)11-5-16-4-10-19-20(14-16)26-13-3-12-25-19/h4,6-10,14-15H,3,5,11-13H2,1-2H3. The van der Waals surface area contributed by atoms with Gasteiger partial charge in [-0.3, -0.25) is 4.79 Å². The van der Waals surface area contributed by atoms with E-state index >= 15 is 0 Å². The Kier molecular flexibility index (Phi) is 6.04. The van der Waals surface area contributed by atoms with Crippen LogP contribution in [-0.2, 0) is 11.2 Å². The van der Waals surface area contributed by atoms with Gasteiger partial charge in [-0.1, -0.05) is 29.8 Å². The molecule has 2 aromatic rings. The molecule has 2 aromatic carbocycles. The Balaban J connectivity index is 1.59. The maximum Gasteiger partial charge on any atom is 0.223 e. The number of aryl methyl sites for hydroxylation is 1. The minimum atomic E-state index is 0.00328. The molecule has 1 atom stereocenters. The second-order valence-corrected chi connectivity index (χ2v) is 7.00. The molecule has 1 amide bonds. The average molecular weight is 374 g/mol. The van der Waals surface area contributed by atoms with Crippen LogP contribution in [0.15, 0.2) is 42.5 Å². The van der Waals surface area contributed by atoms with Gasteiger partial charge in [0.15, 0.2) is 11.5 Å². The summed E-state index contributed by atoms with van der Waals surface area (Å²) < 4.78 is 11.4. The quantitative estimate of drug-likeness (QED) is 0.765. The van der Waals surface area contributed by atoms with E-state index in [4.69, 9.17) is 21.1 Å². The molecule has 0 saturated heterocycles. The van der Waals surface area contributed by atoms with Crippen molar-refractivity contribution in [3.05, 3.63) is 58.6 Å². The molecular formula is C21H24ClNO3. The molecule has 138 valence electrons. The fourth-order valence-electron chi connectivity index (χ4n) is 2.97. The number of halogens is 1. The fourth-order valence-corrected chi connectivity index (χ4v) is 3.10. The van der Waals surface area contributed by atoms with Crippen molar-refractivity contribution in [2.75, 3.05) is 20.3 Å². The lowest BCUT2D eigenvalue weighted by atomic mass is 10.1. The number of nitrogens with zero attached hydrogens (tertiary/aromatic N) is 1. The summed E-state index contributed by atoms with van der Waals surface area (Å²) in [6.07, 6.45) is 2.01. The summed E-state index contributed by atoms with van der Waals surface area (Å²) >= 11 is 5.94. The van der Waals surface area contributed by atoms with Gasteiger partial charge in [0, 0.05) is 24.9 Å². The number of fused-ring (bicyclic) bond motifs is 1. The minimum absolute atomic E-state index is 0.00328. The van der Waals surface area contributed by atoms with E-state index in [0.717, 1.165) is 29.0 Å². The lowest BCUT2D eigenvalue weighted by Crippen LogP contribution is -2.29. The molecule has 1 heterocycles. The first-order valence-corrected chi connectivity index (χ1v) is 9.32. The molecule has 0 spiro atoms. The van der Waals surface area contributed by atoms with Crippen LogP contribution in [0.5, 0.6) is 11.5 Å². The van der Waals surface area contributed by atoms with Crippen LogP contribution in [0.1, 0.15) is 36.9 Å². The van der Waals surface area contributed by atoms with E-state index in [9.17, 15) is 4.79 Å². The van der Waals surface area contributed by atoms with E-state index in [2.05, 4.69) is 0 Å². The van der Waals surface area contributed by atoms with Crippen molar-refractivity contribution >= 4 is 17.5 Å². The Morgan fingerprint density at radius 1 is 1.12 bits per heavy atom. The van der Waals surface area contributed by atoms with Crippen molar-refractivity contribution in [3.8, 4) is 11.5 Å². The third kappa shape index (κ3) is 4.50. The number of hydrogen-bond acceptors (Lipinski definition) is 3. The molecule has 0 fully saturated rings. The van der Waals surface area contributed by atoms with Gasteiger partial charge in [0.25, 0.3) is 0 Å². The molecule has 5 heteroatoms. The first-order chi connectivity index (χ1) is 12.5. The Morgan fingerprint density at radius 3 is 2.54 bits per heavy atom. The van der Waals surface area contributed by atoms with Crippen molar-refractivity contribution in [2.24, 2.45) is 0 Å². The lowest BCUT2D eigenvalue weighted by molar-refractivity contribution is -0.131. The summed E-state index contributed by atoms with van der Waals surface area (Å²) in [7, 11) is 1.84. The average Bonchev–Trinajstić information content (AvgIpc) is 2.90. The van der Waals surface area contributed by atoms with Gasteiger partial charge >= 0.3 is 0 Å². The van der Waals surface area contributed by atoms with Gasteiger partial charge in [0.05, 0.1) is 19.3 Å². The number of rotatable bonds is 5. The molecule has 0 aromatic heterocycles. The normalized spacial score (nSPS) is 14.4. The van der Waals surface area contributed by atoms with Crippen molar-refractivity contribution in [2.45, 2.75) is 32.2 Å². The summed E-state index contributed by atoms with van der Waals surface area (Å²) in [6, 6.07) is 13.5. The molecule has 0 saturated carbocycles. The summed E-state index contributed by atoms with van der Waals surface area (Å²) in [5, 5.41) is 0.698. The molecule has 0 radical (unpaired) electrons. The maximum atomic E-state index is 12.6. The molecule has 26 heavy (non-hydrogen) atoms. The largest absolute Gasteiger partial charge is 0.490 e. The highest BCUT2D eigenvalue weighted by molar-refractivity contribution is 6.30. The summed E-state index contributed by atoms with van der Waals surface area (Å²) in [5.41, 5.74) is 2.15. The van der Waals surface area contributed by atoms with Gasteiger partial charge in [-0.25, -0.2) is 0 Å². The Morgan fingerprint density at radius 2 is 1.81 bits per heavy atom. The SMILES string of the molecule is CC(c1ccc(Cl)cc1)N(C)C(=O)CCc1ccc2c(c1)OCCCO2. The minimum Gasteiger partial charge on any atom is -0.490 e. The Labute approximate surface area is 159 Å². The van der Waals surface area contributed by atoms with Gasteiger partial charge in [-0.2, -0.15) is 0 Å². The van der Waals surface area contributed by atoms with Crippen LogP contribution in [0.25, 0.3) is 0 Å². The number of carbonyl (C=O) groups excluding carboxylic acids is 1. The number of hydrogen-bond donors (Lipinski definition) is 0. The Hall–Kier alpha value is -2.20. The first kappa shape index (κ1) is 18.6. The zero-order valence-electron chi connectivity index (χ0n) is 15.2. The third-order valence-corrected chi connectivity index (χ3v) is 5.02. The van der Waals surface area contributed by atoms with Gasteiger partial charge in [0.2, 0.25) is 5.91 Å². The van der Waals surface area contributed by atoms with E-state index < -0.39 is 0 Å². The van der Waals surface area contributed by atoms with Crippen molar-refractivity contribution in [1.29, 1.82) is 0 Å². The lowest BCUT2D eigenvalue weighted by Gasteiger charge is -2.25. The topological polar surface area (TPSA) is 38.8 Å². The van der Waals surface area contributed by atoms with Crippen LogP contribution >= 0.6 is 11.6 Å². The highest BCUT2D eigenvalue weighted by atomic mass is 35.5. The number of amides is 1. The van der Waals surface area contributed by atoms with Crippen LogP contribution in [0.2, 0.25) is 5.02 Å². The maximum absolute atomic E-state index is 12.6. The summed E-state index contributed by atoms with van der Waals surface area (Å²) in [6.45, 7) is 3.36. The van der Waals surface area contributed by atoms with Crippen LogP contribution in [-0.4, -0.2) is 31.1 Å². The summed E-state index contributed by atoms with van der Waals surface area (Å²) in [4.78, 5) is 14.4. The van der Waals surface area contributed by atoms with Gasteiger partial charge < -0.3 is 14.4 Å². The molecule has 1 unspecified atom stereocenters. The van der Waals surface area contributed by atoms with E-state index in [1.165, 1.54) is 0 Å². The van der Waals surface area contributed by atoms with Crippen molar-refractivity contribution < 1.29 is 14.3 Å². The monoisotopic (exact) mass is 373 g/mol. The highest BCUT2D eigenvalue weighted by Gasteiger charge is 2.18. The molecule has 3 rings (SSSR count). The van der Waals surface area contributed by atoms with E-state index in [0.29, 0.717) is 31.1 Å². The molecule has 1 aliphatic rings. The van der Waals surface area contributed by atoms with Crippen LogP contribution in [0.3, 0.4) is 0 Å². The number of carbonyl (C=O) groups is 1. The molecular weight excluding hydrogens is 350 g/mol. The fraction of sp³-hybridized carbons (Fsp3) is 0.381. The van der Waals surface area contributed by atoms with E-state index in [1.54, 1.807) is 4.90 Å². The molecule has 1 aliphatic heterocycles. The van der Waals surface area contributed by atoms with E-state index in [1.807, 2.05) is 56.4 Å². The number of ether oxygens (including phenoxy) is 2. The summed E-state index contributed by atoms with van der Waals surface area (Å²) in [5.74, 6) is 1.67. The molecule has 0 aliphatic carbocycles. The molecule has 0 N–H and O–H groups in total. The van der Waals surface area contributed by atoms with Crippen LogP contribution in [0.4, 0.5) is 0 Å². The highest BCUT2D eigenvalue weighted by Crippen LogP contribution is 2.31. The Bertz CT molecular complexity index is 760. The van der Waals surface area contributed by atoms with E-state index in [-0.39, 0.29) is 11.9 Å². The second kappa shape index (κ2) is 8.45. The van der Waals surface area contributed by atoms with Gasteiger partial charge in [-0.15, -0.1) is 0 Å². The predicted molar refractivity (Wildman–Crippen MR) is 103 cm³/mol. The zero-order valence-corrected chi connectivity index (χ0v) is 16.0. The number of benzene rings is 2. The van der Waals surface area contributed by atoms with Crippen molar-refractivity contribution in [3.63, 3.8) is 0 Å². The third-order valence-electron chi connectivity index (χ3n) is 4.77. The molecule has 4 nitrogen and oxygen atoms in total. The smallest absolute Gasteiger partial charge is 0.223 e. The van der Waals surface area contributed by atoms with Gasteiger partial charge in [0.1, 0.15) is 0 Å². The van der Waals surface area contributed by atoms with Gasteiger partial charge in [-0.05, 0) is 48.7 Å². The zero-order chi connectivity index (χ0) is 18.5. The second-order valence-electron chi connectivity index (χ2n) is 6.56. The first-order valence-electron chi connectivity index (χ1n) is 8.94.